The zero-order valence-corrected chi connectivity index (χ0v) is 10.7. The number of amides is 1. The number of carboxylic acids is 1. The van der Waals surface area contributed by atoms with Gasteiger partial charge in [-0.15, -0.1) is 0 Å². The van der Waals surface area contributed by atoms with Crippen LogP contribution < -0.4 is 4.90 Å². The number of nitrogens with zero attached hydrogens (tertiary/aromatic N) is 3. The van der Waals surface area contributed by atoms with Crippen LogP contribution in [-0.2, 0) is 16.0 Å². The number of benzene rings is 1. The molecule has 1 amide bonds. The van der Waals surface area contributed by atoms with Gasteiger partial charge in [0.2, 0.25) is 11.9 Å². The van der Waals surface area contributed by atoms with Crippen molar-refractivity contribution in [3.63, 3.8) is 0 Å². The number of hydrogen-bond donors (Lipinski definition) is 2. The molecule has 0 aliphatic rings. The highest BCUT2D eigenvalue weighted by Gasteiger charge is 2.19. The lowest BCUT2D eigenvalue weighted by atomic mass is 10.1. The van der Waals surface area contributed by atoms with E-state index in [1.807, 2.05) is 30.3 Å². The van der Waals surface area contributed by atoms with Crippen molar-refractivity contribution < 1.29 is 14.7 Å². The SMILES string of the molecule is O=C(O)CCN(C(=O)Cc1ccccc1)c1ncn[nH]1. The summed E-state index contributed by atoms with van der Waals surface area (Å²) in [5.74, 6) is -0.941. The minimum absolute atomic E-state index is 0.0518. The van der Waals surface area contributed by atoms with Crippen LogP contribution in [0.1, 0.15) is 12.0 Å². The lowest BCUT2D eigenvalue weighted by molar-refractivity contribution is -0.136. The molecule has 0 radical (unpaired) electrons. The van der Waals surface area contributed by atoms with Gasteiger partial charge in [-0.2, -0.15) is 10.1 Å². The normalized spacial score (nSPS) is 10.2. The van der Waals surface area contributed by atoms with Crippen LogP contribution in [0.5, 0.6) is 0 Å². The molecule has 1 aromatic heterocycles. The second kappa shape index (κ2) is 6.46. The van der Waals surface area contributed by atoms with Crippen LogP contribution in [0, 0.1) is 0 Å². The van der Waals surface area contributed by atoms with Crippen LogP contribution in [0.3, 0.4) is 0 Å². The Morgan fingerprint density at radius 2 is 2.00 bits per heavy atom. The van der Waals surface area contributed by atoms with E-state index in [1.54, 1.807) is 0 Å². The molecule has 0 aliphatic heterocycles. The maximum Gasteiger partial charge on any atom is 0.305 e. The van der Waals surface area contributed by atoms with Crippen molar-refractivity contribution in [3.05, 3.63) is 42.2 Å². The highest BCUT2D eigenvalue weighted by atomic mass is 16.4. The molecule has 0 bridgehead atoms. The molecule has 20 heavy (non-hydrogen) atoms. The second-order valence-electron chi connectivity index (χ2n) is 4.16. The number of rotatable bonds is 6. The van der Waals surface area contributed by atoms with Crippen molar-refractivity contribution in [2.45, 2.75) is 12.8 Å². The minimum Gasteiger partial charge on any atom is -0.481 e. The molecule has 0 saturated heterocycles. The van der Waals surface area contributed by atoms with E-state index in [0.29, 0.717) is 0 Å². The Hall–Kier alpha value is -2.70. The number of carboxylic acid groups (broad SMARTS) is 1. The molecule has 7 heteroatoms. The molecule has 7 nitrogen and oxygen atoms in total. The number of aliphatic carboxylic acids is 1. The standard InChI is InChI=1S/C13H14N4O3/c18-11(8-10-4-2-1-3-5-10)17(7-6-12(19)20)13-14-9-15-16-13/h1-5,9H,6-8H2,(H,19,20)(H,14,15,16). The smallest absolute Gasteiger partial charge is 0.305 e. The van der Waals surface area contributed by atoms with Gasteiger partial charge < -0.3 is 5.11 Å². The number of carbonyl (C=O) groups excluding carboxylic acids is 1. The van der Waals surface area contributed by atoms with Gasteiger partial charge >= 0.3 is 5.97 Å². The average Bonchev–Trinajstić information content (AvgIpc) is 2.93. The summed E-state index contributed by atoms with van der Waals surface area (Å²) in [6, 6.07) is 9.24. The van der Waals surface area contributed by atoms with Gasteiger partial charge in [0, 0.05) is 6.54 Å². The number of aromatic nitrogens is 3. The zero-order valence-electron chi connectivity index (χ0n) is 10.7. The van der Waals surface area contributed by atoms with E-state index >= 15 is 0 Å². The Bertz CT molecular complexity index is 569. The van der Waals surface area contributed by atoms with E-state index in [9.17, 15) is 9.59 Å². The number of carbonyl (C=O) groups is 2. The Kier molecular flexibility index (Phi) is 4.43. The molecule has 0 unspecified atom stereocenters. The molecular weight excluding hydrogens is 260 g/mol. The quantitative estimate of drug-likeness (QED) is 0.813. The van der Waals surface area contributed by atoms with Gasteiger partial charge in [-0.1, -0.05) is 30.3 Å². The van der Waals surface area contributed by atoms with Crippen molar-refractivity contribution in [2.24, 2.45) is 0 Å². The predicted octanol–water partition coefficient (Wildman–Crippen LogP) is 0.855. The maximum atomic E-state index is 12.3. The monoisotopic (exact) mass is 274 g/mol. The van der Waals surface area contributed by atoms with Crippen molar-refractivity contribution in [2.75, 3.05) is 11.4 Å². The number of H-pyrrole nitrogens is 1. The number of anilines is 1. The van der Waals surface area contributed by atoms with Crippen LogP contribution >= 0.6 is 0 Å². The van der Waals surface area contributed by atoms with E-state index in [1.165, 1.54) is 11.2 Å². The van der Waals surface area contributed by atoms with Gasteiger partial charge in [0.15, 0.2) is 0 Å². The molecule has 0 saturated carbocycles. The summed E-state index contributed by atoms with van der Waals surface area (Å²) in [4.78, 5) is 28.1. The maximum absolute atomic E-state index is 12.3. The third-order valence-corrected chi connectivity index (χ3v) is 2.71. The molecular formula is C13H14N4O3. The fourth-order valence-corrected chi connectivity index (χ4v) is 1.75. The first kappa shape index (κ1) is 13.7. The highest BCUT2D eigenvalue weighted by Crippen LogP contribution is 2.10. The highest BCUT2D eigenvalue weighted by molar-refractivity contribution is 5.93. The van der Waals surface area contributed by atoms with E-state index < -0.39 is 5.97 Å². The first-order chi connectivity index (χ1) is 9.66. The van der Waals surface area contributed by atoms with Crippen molar-refractivity contribution in [1.82, 2.24) is 15.2 Å². The first-order valence-corrected chi connectivity index (χ1v) is 6.08. The summed E-state index contributed by atoms with van der Waals surface area (Å²) in [7, 11) is 0. The van der Waals surface area contributed by atoms with Gasteiger partial charge in [0.05, 0.1) is 12.8 Å². The van der Waals surface area contributed by atoms with Gasteiger partial charge in [0.1, 0.15) is 6.33 Å². The molecule has 2 N–H and O–H groups in total. The fraction of sp³-hybridized carbons (Fsp3) is 0.231. The Morgan fingerprint density at radius 1 is 1.25 bits per heavy atom. The van der Waals surface area contributed by atoms with Crippen molar-refractivity contribution >= 4 is 17.8 Å². The Balaban J connectivity index is 2.09. The second-order valence-corrected chi connectivity index (χ2v) is 4.16. The van der Waals surface area contributed by atoms with E-state index in [4.69, 9.17) is 5.11 Å². The Labute approximate surface area is 115 Å². The van der Waals surface area contributed by atoms with Crippen LogP contribution in [-0.4, -0.2) is 38.7 Å². The van der Waals surface area contributed by atoms with Crippen LogP contribution in [0.25, 0.3) is 0 Å². The van der Waals surface area contributed by atoms with Crippen molar-refractivity contribution in [3.8, 4) is 0 Å². The van der Waals surface area contributed by atoms with E-state index in [0.717, 1.165) is 5.56 Å². The van der Waals surface area contributed by atoms with E-state index in [-0.39, 0.29) is 31.2 Å². The summed E-state index contributed by atoms with van der Waals surface area (Å²) in [6.07, 6.45) is 1.31. The van der Waals surface area contributed by atoms with Crippen LogP contribution in [0.2, 0.25) is 0 Å². The fourth-order valence-electron chi connectivity index (χ4n) is 1.75. The predicted molar refractivity (Wildman–Crippen MR) is 71.1 cm³/mol. The summed E-state index contributed by atoms with van der Waals surface area (Å²) in [5, 5.41) is 15.0. The molecule has 0 fully saturated rings. The van der Waals surface area contributed by atoms with Gasteiger partial charge in [-0.25, -0.2) is 5.10 Å². The van der Waals surface area contributed by atoms with Gasteiger partial charge in [0.25, 0.3) is 0 Å². The molecule has 0 spiro atoms. The summed E-state index contributed by atoms with van der Waals surface area (Å²) < 4.78 is 0. The van der Waals surface area contributed by atoms with Gasteiger partial charge in [-0.05, 0) is 5.56 Å². The zero-order chi connectivity index (χ0) is 14.4. The minimum atomic E-state index is -0.970. The average molecular weight is 274 g/mol. The molecule has 2 aromatic rings. The number of nitrogens with one attached hydrogen (secondary N) is 1. The molecule has 1 heterocycles. The third-order valence-electron chi connectivity index (χ3n) is 2.71. The molecule has 1 aromatic carbocycles. The van der Waals surface area contributed by atoms with Gasteiger partial charge in [-0.3, -0.25) is 14.5 Å². The number of aromatic amines is 1. The summed E-state index contributed by atoms with van der Waals surface area (Å²) in [5.41, 5.74) is 0.859. The van der Waals surface area contributed by atoms with Crippen molar-refractivity contribution in [1.29, 1.82) is 0 Å². The first-order valence-electron chi connectivity index (χ1n) is 6.08. The summed E-state index contributed by atoms with van der Waals surface area (Å²) in [6.45, 7) is 0.0518. The largest absolute Gasteiger partial charge is 0.481 e. The molecule has 2 rings (SSSR count). The van der Waals surface area contributed by atoms with Crippen LogP contribution in [0.15, 0.2) is 36.7 Å². The topological polar surface area (TPSA) is 99.2 Å². The Morgan fingerprint density at radius 3 is 2.60 bits per heavy atom. The third kappa shape index (κ3) is 3.64. The molecule has 0 aliphatic carbocycles. The lowest BCUT2D eigenvalue weighted by Crippen LogP contribution is -2.35. The van der Waals surface area contributed by atoms with E-state index in [2.05, 4.69) is 15.2 Å². The number of hydrogen-bond acceptors (Lipinski definition) is 4. The van der Waals surface area contributed by atoms with Crippen LogP contribution in [0.4, 0.5) is 5.95 Å². The lowest BCUT2D eigenvalue weighted by Gasteiger charge is -2.18. The molecule has 0 atom stereocenters. The summed E-state index contributed by atoms with van der Waals surface area (Å²) >= 11 is 0. The molecule has 104 valence electrons.